The first-order valence-corrected chi connectivity index (χ1v) is 13.5. The summed E-state index contributed by atoms with van der Waals surface area (Å²) < 4.78 is 38.2. The molecule has 0 amide bonds. The van der Waals surface area contributed by atoms with Crippen LogP contribution in [0.3, 0.4) is 0 Å². The Bertz CT molecular complexity index is 1440. The van der Waals surface area contributed by atoms with E-state index in [1.165, 1.54) is 27.5 Å². The minimum atomic E-state index is -5.08. The molecule has 0 aliphatic carbocycles. The van der Waals surface area contributed by atoms with Crippen LogP contribution in [0, 0.1) is 0 Å². The highest BCUT2D eigenvalue weighted by Crippen LogP contribution is 2.29. The van der Waals surface area contributed by atoms with Crippen molar-refractivity contribution >= 4 is 22.5 Å². The highest BCUT2D eigenvalue weighted by atomic mass is 19.4. The minimum absolute atomic E-state index is 0.144. The van der Waals surface area contributed by atoms with E-state index in [-0.39, 0.29) is 11.9 Å². The zero-order valence-electron chi connectivity index (χ0n) is 22.4. The number of benzene rings is 4. The summed E-state index contributed by atoms with van der Waals surface area (Å²) >= 11 is 0. The Morgan fingerprint density at radius 2 is 1.49 bits per heavy atom. The summed E-state index contributed by atoms with van der Waals surface area (Å²) in [6.07, 6.45) is -2.57. The Morgan fingerprint density at radius 3 is 2.17 bits per heavy atom. The number of aliphatic carboxylic acids is 1. The molecule has 1 heterocycles. The van der Waals surface area contributed by atoms with Crippen molar-refractivity contribution in [1.82, 2.24) is 5.32 Å². The quantitative estimate of drug-likeness (QED) is 0.227. The van der Waals surface area contributed by atoms with Gasteiger partial charge in [0.15, 0.2) is 5.78 Å². The standard InChI is InChI=1S/C31H31NO2.C2HF3O2/c33-30(27-7-2-1-3-8-27)17-13-23-10-15-26(16-11-23)29-18-19-32-21-31(29)34-22-24-12-14-25-6-4-5-9-28(25)20-24;3-2(4,5)1(6)7/h1-12,14-16,20,29,31-32H,13,17-19,21-22H2;(H,6,7). The van der Waals surface area contributed by atoms with Gasteiger partial charge in [0.05, 0.1) is 12.7 Å². The summed E-state index contributed by atoms with van der Waals surface area (Å²) in [6, 6.07) is 33.4. The lowest BCUT2D eigenvalue weighted by Crippen LogP contribution is -2.40. The fraction of sp³-hybridized carbons (Fsp3) is 0.273. The van der Waals surface area contributed by atoms with Crippen LogP contribution in [0.15, 0.2) is 97.1 Å². The molecule has 214 valence electrons. The lowest BCUT2D eigenvalue weighted by Gasteiger charge is -2.32. The van der Waals surface area contributed by atoms with Crippen molar-refractivity contribution < 1.29 is 32.6 Å². The number of ether oxygens (including phenoxy) is 1. The molecule has 1 aliphatic rings. The molecule has 2 N–H and O–H groups in total. The van der Waals surface area contributed by atoms with Crippen molar-refractivity contribution in [1.29, 1.82) is 0 Å². The number of carboxylic acid groups (broad SMARTS) is 1. The monoisotopic (exact) mass is 563 g/mol. The number of nitrogens with one attached hydrogen (secondary N) is 1. The number of carboxylic acids is 1. The molecule has 8 heteroatoms. The second kappa shape index (κ2) is 14.1. The largest absolute Gasteiger partial charge is 0.490 e. The van der Waals surface area contributed by atoms with Crippen LogP contribution in [0.25, 0.3) is 10.8 Å². The van der Waals surface area contributed by atoms with Crippen LogP contribution >= 0.6 is 0 Å². The molecular formula is C33H32F3NO4. The van der Waals surface area contributed by atoms with Gasteiger partial charge in [0.1, 0.15) is 0 Å². The predicted molar refractivity (Wildman–Crippen MR) is 152 cm³/mol. The number of alkyl halides is 3. The molecule has 2 unspecified atom stereocenters. The van der Waals surface area contributed by atoms with E-state index in [0.29, 0.717) is 18.9 Å². The van der Waals surface area contributed by atoms with E-state index >= 15 is 0 Å². The van der Waals surface area contributed by atoms with Crippen LogP contribution in [0.4, 0.5) is 13.2 Å². The molecular weight excluding hydrogens is 531 g/mol. The second-order valence-corrected chi connectivity index (χ2v) is 9.96. The van der Waals surface area contributed by atoms with Gasteiger partial charge in [-0.1, -0.05) is 91.0 Å². The molecule has 2 atom stereocenters. The van der Waals surface area contributed by atoms with Crippen LogP contribution < -0.4 is 5.32 Å². The van der Waals surface area contributed by atoms with E-state index < -0.39 is 12.1 Å². The molecule has 0 aromatic heterocycles. The molecule has 0 saturated carbocycles. The van der Waals surface area contributed by atoms with Crippen molar-refractivity contribution in [3.05, 3.63) is 119 Å². The van der Waals surface area contributed by atoms with Crippen LogP contribution in [0.1, 0.15) is 45.8 Å². The third kappa shape index (κ3) is 8.74. The van der Waals surface area contributed by atoms with Gasteiger partial charge in [0.25, 0.3) is 0 Å². The molecule has 5 rings (SSSR count). The summed E-state index contributed by atoms with van der Waals surface area (Å²) in [6.45, 7) is 2.49. The molecule has 5 nitrogen and oxygen atoms in total. The molecule has 4 aromatic carbocycles. The maximum Gasteiger partial charge on any atom is 0.490 e. The Labute approximate surface area is 237 Å². The molecule has 4 aromatic rings. The second-order valence-electron chi connectivity index (χ2n) is 9.96. The van der Waals surface area contributed by atoms with Gasteiger partial charge in [0, 0.05) is 24.4 Å². The van der Waals surface area contributed by atoms with Gasteiger partial charge in [-0.15, -0.1) is 0 Å². The number of hydrogen-bond acceptors (Lipinski definition) is 4. The summed E-state index contributed by atoms with van der Waals surface area (Å²) in [4.78, 5) is 21.3. The average molecular weight is 564 g/mol. The Balaban J connectivity index is 0.000000493. The van der Waals surface area contributed by atoms with Gasteiger partial charge in [0.2, 0.25) is 0 Å². The minimum Gasteiger partial charge on any atom is -0.475 e. The van der Waals surface area contributed by atoms with E-state index in [0.717, 1.165) is 31.5 Å². The number of carbonyl (C=O) groups is 2. The predicted octanol–water partition coefficient (Wildman–Crippen LogP) is 6.95. The summed E-state index contributed by atoms with van der Waals surface area (Å²) in [5, 5.41) is 13.1. The number of hydrogen-bond donors (Lipinski definition) is 2. The van der Waals surface area contributed by atoms with Crippen LogP contribution in [-0.4, -0.2) is 42.2 Å². The number of ketones is 1. The van der Waals surface area contributed by atoms with Crippen LogP contribution in [0.2, 0.25) is 0 Å². The molecule has 1 fully saturated rings. The zero-order chi connectivity index (χ0) is 29.2. The highest BCUT2D eigenvalue weighted by molar-refractivity contribution is 5.96. The topological polar surface area (TPSA) is 75.6 Å². The first-order chi connectivity index (χ1) is 19.7. The normalized spacial score (nSPS) is 17.0. The smallest absolute Gasteiger partial charge is 0.475 e. The van der Waals surface area contributed by atoms with E-state index in [1.807, 2.05) is 30.3 Å². The molecule has 0 radical (unpaired) electrons. The molecule has 1 saturated heterocycles. The Morgan fingerprint density at radius 1 is 0.854 bits per heavy atom. The number of fused-ring (bicyclic) bond motifs is 1. The third-order valence-corrected chi connectivity index (χ3v) is 7.09. The molecule has 0 bridgehead atoms. The first kappa shape index (κ1) is 30.0. The third-order valence-electron chi connectivity index (χ3n) is 7.09. The zero-order valence-corrected chi connectivity index (χ0v) is 22.4. The van der Waals surface area contributed by atoms with Crippen molar-refractivity contribution in [3.8, 4) is 0 Å². The highest BCUT2D eigenvalue weighted by Gasteiger charge is 2.38. The number of Topliss-reactive ketones (excluding diaryl/α,β-unsaturated/α-hetero) is 1. The SMILES string of the molecule is O=C(CCc1ccc(C2CCNCC2OCc2ccc3ccccc3c2)cc1)c1ccccc1.O=C(O)C(F)(F)F. The van der Waals surface area contributed by atoms with E-state index in [2.05, 4.69) is 72.0 Å². The number of aryl methyl sites for hydroxylation is 1. The van der Waals surface area contributed by atoms with Gasteiger partial charge in [-0.3, -0.25) is 4.79 Å². The molecule has 1 aliphatic heterocycles. The van der Waals surface area contributed by atoms with Crippen molar-refractivity contribution in [2.75, 3.05) is 13.1 Å². The van der Waals surface area contributed by atoms with E-state index in [4.69, 9.17) is 14.6 Å². The fourth-order valence-corrected chi connectivity index (χ4v) is 4.88. The lowest BCUT2D eigenvalue weighted by molar-refractivity contribution is -0.192. The summed E-state index contributed by atoms with van der Waals surface area (Å²) in [7, 11) is 0. The Hall–Kier alpha value is -4.01. The number of piperidine rings is 1. The Kier molecular flexibility index (Phi) is 10.3. The molecule has 0 spiro atoms. The van der Waals surface area contributed by atoms with E-state index in [9.17, 15) is 18.0 Å². The maximum absolute atomic E-state index is 12.4. The number of halogens is 3. The fourth-order valence-electron chi connectivity index (χ4n) is 4.88. The summed E-state index contributed by atoms with van der Waals surface area (Å²) in [5.74, 6) is -2.18. The average Bonchev–Trinajstić information content (AvgIpc) is 2.99. The van der Waals surface area contributed by atoms with E-state index in [1.54, 1.807) is 0 Å². The number of rotatable bonds is 8. The van der Waals surface area contributed by atoms with Gasteiger partial charge in [-0.05, 0) is 52.9 Å². The van der Waals surface area contributed by atoms with Gasteiger partial charge in [-0.25, -0.2) is 4.79 Å². The van der Waals surface area contributed by atoms with Crippen molar-refractivity contribution in [2.24, 2.45) is 0 Å². The molecule has 41 heavy (non-hydrogen) atoms. The van der Waals surface area contributed by atoms with Gasteiger partial charge in [-0.2, -0.15) is 13.2 Å². The van der Waals surface area contributed by atoms with Crippen LogP contribution in [0.5, 0.6) is 0 Å². The van der Waals surface area contributed by atoms with Crippen molar-refractivity contribution in [3.63, 3.8) is 0 Å². The first-order valence-electron chi connectivity index (χ1n) is 13.5. The summed E-state index contributed by atoms with van der Waals surface area (Å²) in [5.41, 5.74) is 4.53. The number of carbonyl (C=O) groups excluding carboxylic acids is 1. The van der Waals surface area contributed by atoms with Gasteiger partial charge >= 0.3 is 12.1 Å². The van der Waals surface area contributed by atoms with Crippen molar-refractivity contribution in [2.45, 2.75) is 44.1 Å². The maximum atomic E-state index is 12.4. The van der Waals surface area contributed by atoms with Gasteiger partial charge < -0.3 is 15.2 Å². The lowest BCUT2D eigenvalue weighted by atomic mass is 9.87. The van der Waals surface area contributed by atoms with Crippen LogP contribution in [-0.2, 0) is 22.6 Å².